The van der Waals surface area contributed by atoms with E-state index in [9.17, 15) is 0 Å². The summed E-state index contributed by atoms with van der Waals surface area (Å²) in [6.07, 6.45) is 9.50. The molecular weight excluding hydrogens is 739 g/mol. The van der Waals surface area contributed by atoms with Crippen LogP contribution >= 0.6 is 0 Å². The van der Waals surface area contributed by atoms with E-state index in [-0.39, 0.29) is 17.6 Å². The second kappa shape index (κ2) is 18.5. The lowest BCUT2D eigenvalue weighted by Crippen LogP contribution is -2.27. The minimum Gasteiger partial charge on any atom is -0.493 e. The van der Waals surface area contributed by atoms with E-state index in [0.717, 1.165) is 50.6 Å². The van der Waals surface area contributed by atoms with Crippen molar-refractivity contribution in [2.45, 2.75) is 95.9 Å². The van der Waals surface area contributed by atoms with Gasteiger partial charge in [0.2, 0.25) is 0 Å². The summed E-state index contributed by atoms with van der Waals surface area (Å²) in [5, 5.41) is 0. The standard InChI is InChI=1S/C55H59NO4/c1-3-5-31-55(32-6-4-2)51-10-8-7-9-49(51)50-28-23-46(35-52(50)55)56(36-42-15-11-40(12-16-42)29-33-57-47-24-19-44(20-25-47)53-38-59-53)37-43-17-13-41(14-18-43)30-34-58-48-26-21-45(22-27-48)54-39-60-54/h7-28,35,53-54H,3-6,29-34,36-39H2,1-2H3. The Morgan fingerprint density at radius 2 is 1.00 bits per heavy atom. The molecule has 0 bridgehead atoms. The van der Waals surface area contributed by atoms with Gasteiger partial charge in [-0.3, -0.25) is 0 Å². The lowest BCUT2D eigenvalue weighted by molar-refractivity contribution is 0.321. The predicted molar refractivity (Wildman–Crippen MR) is 243 cm³/mol. The molecule has 2 saturated heterocycles. The van der Waals surface area contributed by atoms with Crippen molar-refractivity contribution in [2.75, 3.05) is 31.3 Å². The molecule has 6 aromatic rings. The Bertz CT molecular complexity index is 2190. The molecule has 0 saturated carbocycles. The normalized spacial score (nSPS) is 16.8. The Kier molecular flexibility index (Phi) is 12.4. The van der Waals surface area contributed by atoms with Crippen LogP contribution in [0.3, 0.4) is 0 Å². The molecule has 0 radical (unpaired) electrons. The van der Waals surface area contributed by atoms with Crippen LogP contribution in [0.5, 0.6) is 11.5 Å². The third-order valence-corrected chi connectivity index (χ3v) is 12.8. The largest absolute Gasteiger partial charge is 0.493 e. The molecule has 2 atom stereocenters. The molecule has 0 amide bonds. The average Bonchev–Trinajstić information content (AvgIpc) is 4.24. The summed E-state index contributed by atoms with van der Waals surface area (Å²) >= 11 is 0. The van der Waals surface area contributed by atoms with E-state index in [1.165, 1.54) is 99.8 Å². The van der Waals surface area contributed by atoms with Gasteiger partial charge in [0.25, 0.3) is 0 Å². The van der Waals surface area contributed by atoms with Gasteiger partial charge in [-0.1, -0.05) is 143 Å². The number of benzene rings is 6. The minimum absolute atomic E-state index is 0.0500. The SMILES string of the molecule is CCCCC1(CCCC)c2ccccc2-c2ccc(N(Cc3ccc(CCOc4ccc(C5CO5)cc4)cc3)Cc3ccc(CCOc4ccc(C5CO5)cc4)cc3)cc21. The average molecular weight is 798 g/mol. The summed E-state index contributed by atoms with van der Waals surface area (Å²) in [4.78, 5) is 2.58. The van der Waals surface area contributed by atoms with Crippen molar-refractivity contribution in [3.05, 3.63) is 184 Å². The van der Waals surface area contributed by atoms with Gasteiger partial charge >= 0.3 is 0 Å². The quantitative estimate of drug-likeness (QED) is 0.0679. The van der Waals surface area contributed by atoms with Gasteiger partial charge in [-0.25, -0.2) is 0 Å². The minimum atomic E-state index is 0.0500. The Hall–Kier alpha value is -5.36. The number of unbranched alkanes of at least 4 members (excludes halogenated alkanes) is 2. The number of ether oxygens (including phenoxy) is 4. The zero-order valence-corrected chi connectivity index (χ0v) is 35.4. The Labute approximate surface area is 357 Å². The summed E-state index contributed by atoms with van der Waals surface area (Å²) in [6.45, 7) is 9.24. The van der Waals surface area contributed by atoms with Crippen LogP contribution in [0.15, 0.2) is 140 Å². The van der Waals surface area contributed by atoms with Crippen LogP contribution in [0, 0.1) is 0 Å². The molecule has 2 heterocycles. The molecule has 60 heavy (non-hydrogen) atoms. The second-order valence-electron chi connectivity index (χ2n) is 17.0. The molecule has 1 aliphatic carbocycles. The van der Waals surface area contributed by atoms with Crippen molar-refractivity contribution in [1.29, 1.82) is 0 Å². The first-order valence-corrected chi connectivity index (χ1v) is 22.4. The molecule has 5 heteroatoms. The molecule has 308 valence electrons. The lowest BCUT2D eigenvalue weighted by Gasteiger charge is -2.34. The number of nitrogens with zero attached hydrogens (tertiary/aromatic N) is 1. The zero-order valence-electron chi connectivity index (χ0n) is 35.4. The second-order valence-corrected chi connectivity index (χ2v) is 17.0. The third-order valence-electron chi connectivity index (χ3n) is 12.8. The smallest absolute Gasteiger partial charge is 0.119 e. The van der Waals surface area contributed by atoms with E-state index in [0.29, 0.717) is 13.2 Å². The van der Waals surface area contributed by atoms with E-state index < -0.39 is 0 Å². The van der Waals surface area contributed by atoms with E-state index in [4.69, 9.17) is 18.9 Å². The van der Waals surface area contributed by atoms with Crippen molar-refractivity contribution < 1.29 is 18.9 Å². The Balaban J connectivity index is 0.926. The molecule has 2 fully saturated rings. The number of hydrogen-bond acceptors (Lipinski definition) is 5. The first-order chi connectivity index (χ1) is 29.6. The van der Waals surface area contributed by atoms with Crippen molar-refractivity contribution in [2.24, 2.45) is 0 Å². The van der Waals surface area contributed by atoms with Crippen molar-refractivity contribution >= 4 is 5.69 Å². The maximum Gasteiger partial charge on any atom is 0.119 e. The fourth-order valence-electron chi connectivity index (χ4n) is 9.17. The summed E-state index contributed by atoms with van der Waals surface area (Å²) in [5.41, 5.74) is 14.8. The summed E-state index contributed by atoms with van der Waals surface area (Å²) in [7, 11) is 0. The van der Waals surface area contributed by atoms with Crippen LogP contribution in [0.25, 0.3) is 11.1 Å². The Morgan fingerprint density at radius 3 is 1.48 bits per heavy atom. The lowest BCUT2D eigenvalue weighted by atomic mass is 9.71. The zero-order chi connectivity index (χ0) is 40.7. The molecule has 2 aliphatic heterocycles. The first-order valence-electron chi connectivity index (χ1n) is 22.4. The molecule has 0 aromatic heterocycles. The highest BCUT2D eigenvalue weighted by atomic mass is 16.6. The van der Waals surface area contributed by atoms with Crippen LogP contribution in [-0.2, 0) is 40.8 Å². The number of epoxide rings is 2. The van der Waals surface area contributed by atoms with Crippen molar-refractivity contribution in [3.63, 3.8) is 0 Å². The van der Waals surface area contributed by atoms with Gasteiger partial charge in [-0.05, 0) is 105 Å². The van der Waals surface area contributed by atoms with Gasteiger partial charge in [0.05, 0.1) is 26.4 Å². The fraction of sp³-hybridized carbons (Fsp3) is 0.345. The summed E-state index contributed by atoms with van der Waals surface area (Å²) in [6, 6.07) is 51.6. The monoisotopic (exact) mass is 797 g/mol. The van der Waals surface area contributed by atoms with Crippen LogP contribution in [-0.4, -0.2) is 26.4 Å². The highest BCUT2D eigenvalue weighted by molar-refractivity contribution is 5.83. The number of fused-ring (bicyclic) bond motifs is 3. The van der Waals surface area contributed by atoms with Gasteiger partial charge in [-0.2, -0.15) is 0 Å². The molecule has 6 aromatic carbocycles. The van der Waals surface area contributed by atoms with E-state index >= 15 is 0 Å². The maximum absolute atomic E-state index is 6.11. The van der Waals surface area contributed by atoms with Crippen molar-refractivity contribution in [3.8, 4) is 22.6 Å². The van der Waals surface area contributed by atoms with E-state index in [1.807, 2.05) is 0 Å². The van der Waals surface area contributed by atoms with Crippen LogP contribution < -0.4 is 14.4 Å². The van der Waals surface area contributed by atoms with Gasteiger partial charge in [0.1, 0.15) is 23.7 Å². The number of rotatable bonds is 21. The molecule has 0 N–H and O–H groups in total. The molecule has 0 spiro atoms. The Morgan fingerprint density at radius 1 is 0.533 bits per heavy atom. The van der Waals surface area contributed by atoms with Crippen LogP contribution in [0.4, 0.5) is 5.69 Å². The van der Waals surface area contributed by atoms with E-state index in [1.54, 1.807) is 0 Å². The van der Waals surface area contributed by atoms with Crippen LogP contribution in [0.2, 0.25) is 0 Å². The number of anilines is 1. The third kappa shape index (κ3) is 9.33. The van der Waals surface area contributed by atoms with Crippen LogP contribution in [0.1, 0.15) is 109 Å². The van der Waals surface area contributed by atoms with Gasteiger partial charge in [0, 0.05) is 37.0 Å². The first kappa shape index (κ1) is 40.1. The van der Waals surface area contributed by atoms with Gasteiger partial charge in [-0.15, -0.1) is 0 Å². The highest BCUT2D eigenvalue weighted by Crippen LogP contribution is 2.55. The number of hydrogen-bond donors (Lipinski definition) is 0. The van der Waals surface area contributed by atoms with E-state index in [2.05, 4.69) is 158 Å². The van der Waals surface area contributed by atoms with Gasteiger partial charge < -0.3 is 23.8 Å². The predicted octanol–water partition coefficient (Wildman–Crippen LogP) is 12.9. The highest BCUT2D eigenvalue weighted by Gasteiger charge is 2.42. The van der Waals surface area contributed by atoms with Crippen molar-refractivity contribution in [1.82, 2.24) is 0 Å². The fourth-order valence-corrected chi connectivity index (χ4v) is 9.17. The molecule has 5 nitrogen and oxygen atoms in total. The molecular formula is C55H59NO4. The summed E-state index contributed by atoms with van der Waals surface area (Å²) < 4.78 is 23.0. The molecule has 9 rings (SSSR count). The molecule has 3 aliphatic rings. The summed E-state index contributed by atoms with van der Waals surface area (Å²) in [5.74, 6) is 1.81. The van der Waals surface area contributed by atoms with Gasteiger partial charge in [0.15, 0.2) is 0 Å². The maximum atomic E-state index is 6.11. The topological polar surface area (TPSA) is 46.8 Å². The molecule has 2 unspecified atom stereocenters.